The summed E-state index contributed by atoms with van der Waals surface area (Å²) in [6.07, 6.45) is 1.00. The van der Waals surface area contributed by atoms with Crippen LogP contribution in [0.5, 0.6) is 5.75 Å². The molecule has 0 aliphatic rings. The van der Waals surface area contributed by atoms with Crippen molar-refractivity contribution in [2.75, 3.05) is 13.7 Å². The van der Waals surface area contributed by atoms with Crippen molar-refractivity contribution in [3.05, 3.63) is 65.2 Å². The molecule has 2 aromatic rings. The van der Waals surface area contributed by atoms with E-state index in [1.807, 2.05) is 24.3 Å². The number of nitrogens with zero attached hydrogens (tertiary/aromatic N) is 1. The summed E-state index contributed by atoms with van der Waals surface area (Å²) in [4.78, 5) is 0. The molecule has 3 heteroatoms. The van der Waals surface area contributed by atoms with Crippen molar-refractivity contribution >= 4 is 0 Å². The minimum Gasteiger partial charge on any atom is -0.495 e. The molecule has 0 spiro atoms. The largest absolute Gasteiger partial charge is 0.495 e. The molecular weight excluding hydrogens is 248 g/mol. The van der Waals surface area contributed by atoms with E-state index in [9.17, 15) is 0 Å². The van der Waals surface area contributed by atoms with E-state index in [-0.39, 0.29) is 0 Å². The van der Waals surface area contributed by atoms with Crippen LogP contribution in [0.4, 0.5) is 0 Å². The molecule has 0 saturated carbocycles. The fourth-order valence-corrected chi connectivity index (χ4v) is 2.06. The molecule has 0 unspecified atom stereocenters. The zero-order chi connectivity index (χ0) is 14.2. The van der Waals surface area contributed by atoms with Crippen molar-refractivity contribution in [2.24, 2.45) is 0 Å². The van der Waals surface area contributed by atoms with Crippen LogP contribution in [-0.2, 0) is 13.0 Å². The van der Waals surface area contributed by atoms with Crippen LogP contribution in [0.25, 0.3) is 0 Å². The second-order valence-corrected chi connectivity index (χ2v) is 4.56. The lowest BCUT2D eigenvalue weighted by molar-refractivity contribution is 0.413. The Balaban J connectivity index is 1.84. The van der Waals surface area contributed by atoms with Crippen molar-refractivity contribution in [2.45, 2.75) is 13.0 Å². The zero-order valence-corrected chi connectivity index (χ0v) is 11.6. The smallest absolute Gasteiger partial charge is 0.136 e. The van der Waals surface area contributed by atoms with Gasteiger partial charge in [0.2, 0.25) is 0 Å². The summed E-state index contributed by atoms with van der Waals surface area (Å²) in [6, 6.07) is 18.2. The van der Waals surface area contributed by atoms with Crippen molar-refractivity contribution in [1.29, 1.82) is 5.26 Å². The zero-order valence-electron chi connectivity index (χ0n) is 11.6. The van der Waals surface area contributed by atoms with Crippen LogP contribution in [0.3, 0.4) is 0 Å². The molecule has 2 aromatic carbocycles. The molecule has 0 amide bonds. The maximum atomic E-state index is 9.04. The molecule has 2 rings (SSSR count). The minimum absolute atomic E-state index is 0.579. The molecule has 20 heavy (non-hydrogen) atoms. The molecular formula is C17H18N2O. The minimum atomic E-state index is 0.579. The van der Waals surface area contributed by atoms with E-state index in [2.05, 4.69) is 35.7 Å². The maximum Gasteiger partial charge on any atom is 0.136 e. The highest BCUT2D eigenvalue weighted by atomic mass is 16.5. The summed E-state index contributed by atoms with van der Waals surface area (Å²) in [5, 5.41) is 12.4. The monoisotopic (exact) mass is 266 g/mol. The SMILES string of the molecule is COc1ccc(CNCCc2ccccc2)cc1C#N. The first-order chi connectivity index (χ1) is 9.83. The van der Waals surface area contributed by atoms with Gasteiger partial charge in [-0.1, -0.05) is 36.4 Å². The number of nitrogens with one attached hydrogen (secondary N) is 1. The summed E-state index contributed by atoms with van der Waals surface area (Å²) in [5.41, 5.74) is 3.00. The Morgan fingerprint density at radius 1 is 1.10 bits per heavy atom. The van der Waals surface area contributed by atoms with Gasteiger partial charge in [-0.15, -0.1) is 0 Å². The Kier molecular flexibility index (Phi) is 5.16. The van der Waals surface area contributed by atoms with Crippen molar-refractivity contribution < 1.29 is 4.74 Å². The Hall–Kier alpha value is -2.31. The van der Waals surface area contributed by atoms with E-state index in [0.29, 0.717) is 11.3 Å². The average Bonchev–Trinajstić information content (AvgIpc) is 2.52. The fraction of sp³-hybridized carbons (Fsp3) is 0.235. The molecule has 0 heterocycles. The van der Waals surface area contributed by atoms with E-state index in [4.69, 9.17) is 10.00 Å². The van der Waals surface area contributed by atoms with Crippen LogP contribution in [0.2, 0.25) is 0 Å². The summed E-state index contributed by atoms with van der Waals surface area (Å²) < 4.78 is 5.13. The topological polar surface area (TPSA) is 45.0 Å². The lowest BCUT2D eigenvalue weighted by atomic mass is 10.1. The van der Waals surface area contributed by atoms with Crippen LogP contribution >= 0.6 is 0 Å². The van der Waals surface area contributed by atoms with Gasteiger partial charge in [0.25, 0.3) is 0 Å². The van der Waals surface area contributed by atoms with Gasteiger partial charge in [0.05, 0.1) is 12.7 Å². The van der Waals surface area contributed by atoms with Gasteiger partial charge in [0, 0.05) is 6.54 Å². The van der Waals surface area contributed by atoms with Crippen molar-refractivity contribution in [3.63, 3.8) is 0 Å². The second kappa shape index (κ2) is 7.32. The predicted octanol–water partition coefficient (Wildman–Crippen LogP) is 2.90. The Morgan fingerprint density at radius 2 is 1.90 bits per heavy atom. The average molecular weight is 266 g/mol. The Morgan fingerprint density at radius 3 is 2.60 bits per heavy atom. The maximum absolute atomic E-state index is 9.04. The number of nitriles is 1. The van der Waals surface area contributed by atoms with Crippen LogP contribution in [0.1, 0.15) is 16.7 Å². The summed E-state index contributed by atoms with van der Waals surface area (Å²) in [6.45, 7) is 1.67. The normalized spacial score (nSPS) is 10.0. The van der Waals surface area contributed by atoms with Gasteiger partial charge in [0.1, 0.15) is 11.8 Å². The molecule has 0 radical (unpaired) electrons. The molecule has 0 bridgehead atoms. The highest BCUT2D eigenvalue weighted by Gasteiger charge is 2.03. The molecule has 0 aliphatic carbocycles. The van der Waals surface area contributed by atoms with Gasteiger partial charge in [-0.05, 0) is 36.2 Å². The molecule has 0 aliphatic heterocycles. The summed E-state index contributed by atoms with van der Waals surface area (Å²) >= 11 is 0. The number of hydrogen-bond donors (Lipinski definition) is 1. The Labute approximate surface area is 119 Å². The summed E-state index contributed by atoms with van der Waals surface area (Å²) in [5.74, 6) is 0.625. The second-order valence-electron chi connectivity index (χ2n) is 4.56. The Bertz CT molecular complexity index is 588. The molecule has 0 atom stereocenters. The fourth-order valence-electron chi connectivity index (χ4n) is 2.06. The van der Waals surface area contributed by atoms with Crippen molar-refractivity contribution in [3.8, 4) is 11.8 Å². The van der Waals surface area contributed by atoms with Crippen LogP contribution in [-0.4, -0.2) is 13.7 Å². The van der Waals surface area contributed by atoms with Gasteiger partial charge >= 0.3 is 0 Å². The third kappa shape index (κ3) is 3.84. The lowest BCUT2D eigenvalue weighted by Gasteiger charge is -2.07. The van der Waals surface area contributed by atoms with Crippen LogP contribution < -0.4 is 10.1 Å². The molecule has 0 fully saturated rings. The number of rotatable bonds is 6. The van der Waals surface area contributed by atoms with Crippen LogP contribution in [0, 0.1) is 11.3 Å². The van der Waals surface area contributed by atoms with Gasteiger partial charge in [-0.25, -0.2) is 0 Å². The van der Waals surface area contributed by atoms with Gasteiger partial charge in [0.15, 0.2) is 0 Å². The number of methoxy groups -OCH3 is 1. The predicted molar refractivity (Wildman–Crippen MR) is 79.6 cm³/mol. The van der Waals surface area contributed by atoms with Gasteiger partial charge in [-0.2, -0.15) is 5.26 Å². The third-order valence-corrected chi connectivity index (χ3v) is 3.15. The number of ether oxygens (including phenoxy) is 1. The lowest BCUT2D eigenvalue weighted by Crippen LogP contribution is -2.16. The van der Waals surface area contributed by atoms with Crippen LogP contribution in [0.15, 0.2) is 48.5 Å². The third-order valence-electron chi connectivity index (χ3n) is 3.15. The first kappa shape index (κ1) is 14.1. The van der Waals surface area contributed by atoms with E-state index in [1.54, 1.807) is 7.11 Å². The number of hydrogen-bond acceptors (Lipinski definition) is 3. The van der Waals surface area contributed by atoms with E-state index in [1.165, 1.54) is 5.56 Å². The van der Waals surface area contributed by atoms with Crippen molar-refractivity contribution in [1.82, 2.24) is 5.32 Å². The molecule has 3 nitrogen and oxygen atoms in total. The van der Waals surface area contributed by atoms with E-state index >= 15 is 0 Å². The highest BCUT2D eigenvalue weighted by Crippen LogP contribution is 2.18. The van der Waals surface area contributed by atoms with Gasteiger partial charge < -0.3 is 10.1 Å². The van der Waals surface area contributed by atoms with Gasteiger partial charge in [-0.3, -0.25) is 0 Å². The molecule has 1 N–H and O–H groups in total. The highest BCUT2D eigenvalue weighted by molar-refractivity contribution is 5.45. The molecule has 102 valence electrons. The summed E-state index contributed by atoms with van der Waals surface area (Å²) in [7, 11) is 1.58. The standard InChI is InChI=1S/C17H18N2O/c1-20-17-8-7-15(11-16(17)12-18)13-19-10-9-14-5-3-2-4-6-14/h2-8,11,19H,9-10,13H2,1H3. The van der Waals surface area contributed by atoms with E-state index < -0.39 is 0 Å². The van der Waals surface area contributed by atoms with E-state index in [0.717, 1.165) is 25.1 Å². The first-order valence-corrected chi connectivity index (χ1v) is 6.65. The first-order valence-electron chi connectivity index (χ1n) is 6.65. The number of benzene rings is 2. The molecule has 0 saturated heterocycles. The quantitative estimate of drug-likeness (QED) is 0.818. The molecule has 0 aromatic heterocycles.